The Morgan fingerprint density at radius 2 is 1.68 bits per heavy atom. The SMILES string of the molecule is CC(C)c1ccc(CN(C)C(C(=O)O)C(C)C)cc1. The van der Waals surface area contributed by atoms with E-state index in [1.807, 2.05) is 25.8 Å². The molecule has 1 N–H and O–H groups in total. The molecule has 19 heavy (non-hydrogen) atoms. The summed E-state index contributed by atoms with van der Waals surface area (Å²) in [5.41, 5.74) is 2.46. The van der Waals surface area contributed by atoms with E-state index in [4.69, 9.17) is 0 Å². The summed E-state index contributed by atoms with van der Waals surface area (Å²) in [6.45, 7) is 8.88. The van der Waals surface area contributed by atoms with E-state index in [1.165, 1.54) is 5.56 Å². The molecular formula is C16H25NO2. The number of aliphatic carboxylic acids is 1. The third kappa shape index (κ3) is 4.35. The van der Waals surface area contributed by atoms with Crippen molar-refractivity contribution in [3.05, 3.63) is 35.4 Å². The second kappa shape index (κ2) is 6.71. The van der Waals surface area contributed by atoms with E-state index in [2.05, 4.69) is 38.1 Å². The fourth-order valence-electron chi connectivity index (χ4n) is 2.38. The predicted molar refractivity (Wildman–Crippen MR) is 78.3 cm³/mol. The minimum atomic E-state index is -0.753. The molecule has 1 aromatic rings. The third-order valence-electron chi connectivity index (χ3n) is 3.44. The third-order valence-corrected chi connectivity index (χ3v) is 3.44. The molecule has 1 aromatic carbocycles. The molecule has 0 fully saturated rings. The first-order valence-electron chi connectivity index (χ1n) is 6.84. The average Bonchev–Trinajstić information content (AvgIpc) is 2.28. The van der Waals surface area contributed by atoms with E-state index in [1.54, 1.807) is 0 Å². The molecule has 0 bridgehead atoms. The summed E-state index contributed by atoms with van der Waals surface area (Å²) in [7, 11) is 1.87. The lowest BCUT2D eigenvalue weighted by Gasteiger charge is -2.27. The fraction of sp³-hybridized carbons (Fsp3) is 0.562. The van der Waals surface area contributed by atoms with Crippen molar-refractivity contribution in [3.63, 3.8) is 0 Å². The lowest BCUT2D eigenvalue weighted by atomic mass is 10.00. The zero-order valence-corrected chi connectivity index (χ0v) is 12.6. The number of benzene rings is 1. The molecule has 0 aliphatic rings. The summed E-state index contributed by atoms with van der Waals surface area (Å²) in [5.74, 6) is -0.136. The standard InChI is InChI=1S/C16H25NO2/c1-11(2)14-8-6-13(7-9-14)10-17(5)15(12(3)4)16(18)19/h6-9,11-12,15H,10H2,1-5H3,(H,18,19). The maximum atomic E-state index is 11.3. The minimum Gasteiger partial charge on any atom is -0.480 e. The Hall–Kier alpha value is -1.35. The molecule has 0 amide bonds. The van der Waals surface area contributed by atoms with Gasteiger partial charge in [-0.3, -0.25) is 9.69 Å². The molecule has 1 rings (SSSR count). The Labute approximate surface area is 116 Å². The van der Waals surface area contributed by atoms with Gasteiger partial charge in [-0.25, -0.2) is 0 Å². The van der Waals surface area contributed by atoms with Crippen LogP contribution in [0.5, 0.6) is 0 Å². The summed E-state index contributed by atoms with van der Waals surface area (Å²) in [5, 5.41) is 9.27. The Morgan fingerprint density at radius 1 is 1.16 bits per heavy atom. The Bertz CT molecular complexity index is 409. The number of hydrogen-bond acceptors (Lipinski definition) is 2. The summed E-state index contributed by atoms with van der Waals surface area (Å²) >= 11 is 0. The van der Waals surface area contributed by atoms with Crippen LogP contribution in [0.2, 0.25) is 0 Å². The van der Waals surface area contributed by atoms with Gasteiger partial charge < -0.3 is 5.11 Å². The molecule has 0 saturated carbocycles. The second-order valence-electron chi connectivity index (χ2n) is 5.84. The molecule has 0 aromatic heterocycles. The highest BCUT2D eigenvalue weighted by Crippen LogP contribution is 2.17. The molecule has 106 valence electrons. The van der Waals surface area contributed by atoms with Crippen LogP contribution < -0.4 is 0 Å². The van der Waals surface area contributed by atoms with Crippen molar-refractivity contribution >= 4 is 5.97 Å². The van der Waals surface area contributed by atoms with Gasteiger partial charge in [0.2, 0.25) is 0 Å². The first-order valence-corrected chi connectivity index (χ1v) is 6.84. The largest absolute Gasteiger partial charge is 0.480 e. The fourth-order valence-corrected chi connectivity index (χ4v) is 2.38. The van der Waals surface area contributed by atoms with Crippen molar-refractivity contribution in [1.29, 1.82) is 0 Å². The van der Waals surface area contributed by atoms with Gasteiger partial charge in [-0.05, 0) is 30.0 Å². The lowest BCUT2D eigenvalue weighted by molar-refractivity contribution is -0.144. The van der Waals surface area contributed by atoms with Crippen molar-refractivity contribution in [2.24, 2.45) is 5.92 Å². The van der Waals surface area contributed by atoms with E-state index in [0.717, 1.165) is 5.56 Å². The predicted octanol–water partition coefficient (Wildman–Crippen LogP) is 3.35. The van der Waals surface area contributed by atoms with Gasteiger partial charge in [-0.2, -0.15) is 0 Å². The second-order valence-corrected chi connectivity index (χ2v) is 5.84. The van der Waals surface area contributed by atoms with Crippen LogP contribution in [0.3, 0.4) is 0 Å². The molecule has 3 nitrogen and oxygen atoms in total. The van der Waals surface area contributed by atoms with Crippen LogP contribution in [-0.4, -0.2) is 29.1 Å². The highest BCUT2D eigenvalue weighted by Gasteiger charge is 2.25. The quantitative estimate of drug-likeness (QED) is 0.855. The van der Waals surface area contributed by atoms with Crippen molar-refractivity contribution < 1.29 is 9.90 Å². The molecule has 0 saturated heterocycles. The number of carboxylic acids is 1. The van der Waals surface area contributed by atoms with Crippen molar-refractivity contribution in [3.8, 4) is 0 Å². The van der Waals surface area contributed by atoms with E-state index in [9.17, 15) is 9.90 Å². The minimum absolute atomic E-state index is 0.0948. The van der Waals surface area contributed by atoms with Gasteiger partial charge in [-0.1, -0.05) is 52.0 Å². The monoisotopic (exact) mass is 263 g/mol. The van der Waals surface area contributed by atoms with E-state index < -0.39 is 12.0 Å². The van der Waals surface area contributed by atoms with E-state index in [0.29, 0.717) is 12.5 Å². The number of carbonyl (C=O) groups is 1. The highest BCUT2D eigenvalue weighted by atomic mass is 16.4. The molecule has 3 heteroatoms. The number of rotatable bonds is 6. The molecule has 0 aliphatic carbocycles. The lowest BCUT2D eigenvalue weighted by Crippen LogP contribution is -2.41. The van der Waals surface area contributed by atoms with Gasteiger partial charge in [-0.15, -0.1) is 0 Å². The van der Waals surface area contributed by atoms with Gasteiger partial charge in [0.15, 0.2) is 0 Å². The molecule has 1 atom stereocenters. The highest BCUT2D eigenvalue weighted by molar-refractivity contribution is 5.73. The van der Waals surface area contributed by atoms with Crippen LogP contribution in [0, 0.1) is 5.92 Å². The first kappa shape index (κ1) is 15.7. The Morgan fingerprint density at radius 3 is 2.05 bits per heavy atom. The van der Waals surface area contributed by atoms with Gasteiger partial charge in [0.1, 0.15) is 6.04 Å². The van der Waals surface area contributed by atoms with E-state index >= 15 is 0 Å². The van der Waals surface area contributed by atoms with Gasteiger partial charge in [0.25, 0.3) is 0 Å². The number of likely N-dealkylation sites (N-methyl/N-ethyl adjacent to an activating group) is 1. The van der Waals surface area contributed by atoms with Crippen LogP contribution in [0.4, 0.5) is 0 Å². The maximum Gasteiger partial charge on any atom is 0.321 e. The number of carboxylic acid groups (broad SMARTS) is 1. The molecule has 1 unspecified atom stereocenters. The van der Waals surface area contributed by atoms with Crippen LogP contribution in [-0.2, 0) is 11.3 Å². The average molecular weight is 263 g/mol. The normalized spacial score (nSPS) is 13.3. The van der Waals surface area contributed by atoms with Crippen molar-refractivity contribution in [2.75, 3.05) is 7.05 Å². The Kier molecular flexibility index (Phi) is 5.55. The van der Waals surface area contributed by atoms with Crippen molar-refractivity contribution in [1.82, 2.24) is 4.90 Å². The smallest absolute Gasteiger partial charge is 0.321 e. The topological polar surface area (TPSA) is 40.5 Å². The molecule has 0 spiro atoms. The van der Waals surface area contributed by atoms with Crippen LogP contribution in [0.1, 0.15) is 44.7 Å². The molecule has 0 heterocycles. The summed E-state index contributed by atoms with van der Waals surface area (Å²) < 4.78 is 0. The van der Waals surface area contributed by atoms with Gasteiger partial charge in [0.05, 0.1) is 0 Å². The van der Waals surface area contributed by atoms with Crippen LogP contribution >= 0.6 is 0 Å². The molecule has 0 radical (unpaired) electrons. The van der Waals surface area contributed by atoms with Gasteiger partial charge >= 0.3 is 5.97 Å². The van der Waals surface area contributed by atoms with Crippen LogP contribution in [0.15, 0.2) is 24.3 Å². The number of hydrogen-bond donors (Lipinski definition) is 1. The Balaban J connectivity index is 2.75. The van der Waals surface area contributed by atoms with Gasteiger partial charge in [0, 0.05) is 6.54 Å². The molecular weight excluding hydrogens is 238 g/mol. The van der Waals surface area contributed by atoms with Crippen LogP contribution in [0.25, 0.3) is 0 Å². The summed E-state index contributed by atoms with van der Waals surface area (Å²) in [6, 6.07) is 7.98. The zero-order chi connectivity index (χ0) is 14.6. The number of nitrogens with zero attached hydrogens (tertiary/aromatic N) is 1. The molecule has 0 aliphatic heterocycles. The summed E-state index contributed by atoms with van der Waals surface area (Å²) in [6.07, 6.45) is 0. The van der Waals surface area contributed by atoms with Crippen molar-refractivity contribution in [2.45, 2.75) is 46.2 Å². The maximum absolute atomic E-state index is 11.3. The summed E-state index contributed by atoms with van der Waals surface area (Å²) in [4.78, 5) is 13.2. The van der Waals surface area contributed by atoms with E-state index in [-0.39, 0.29) is 5.92 Å². The zero-order valence-electron chi connectivity index (χ0n) is 12.6. The first-order chi connectivity index (χ1) is 8.82.